The molecule has 0 aliphatic carbocycles. The molecule has 1 aliphatic rings. The summed E-state index contributed by atoms with van der Waals surface area (Å²) in [6, 6.07) is 8.51. The second kappa shape index (κ2) is 7.47. The molecule has 0 atom stereocenters. The first-order chi connectivity index (χ1) is 13.5. The summed E-state index contributed by atoms with van der Waals surface area (Å²) < 4.78 is 14.3. The number of halogens is 1. The van der Waals surface area contributed by atoms with Gasteiger partial charge in [0.05, 0.1) is 11.2 Å². The lowest BCUT2D eigenvalue weighted by Gasteiger charge is -2.30. The predicted octanol–water partition coefficient (Wildman–Crippen LogP) is 2.11. The molecule has 0 saturated carbocycles. The number of nitrogen functional groups attached to an aromatic ring is 1. The Morgan fingerprint density at radius 1 is 1.18 bits per heavy atom. The molecule has 2 aromatic heterocycles. The third kappa shape index (κ3) is 3.77. The molecule has 4 N–H and O–H groups in total. The first-order valence-electron chi connectivity index (χ1n) is 9.18. The molecule has 1 aliphatic heterocycles. The maximum atomic E-state index is 14.3. The van der Waals surface area contributed by atoms with E-state index in [2.05, 4.69) is 19.9 Å². The highest BCUT2D eigenvalue weighted by Crippen LogP contribution is 2.25. The molecule has 3 heterocycles. The zero-order valence-corrected chi connectivity index (χ0v) is 15.3. The third-order valence-corrected chi connectivity index (χ3v) is 5.16. The van der Waals surface area contributed by atoms with Gasteiger partial charge in [0.1, 0.15) is 17.7 Å². The van der Waals surface area contributed by atoms with Crippen molar-refractivity contribution < 1.29 is 9.18 Å². The highest BCUT2D eigenvalue weighted by molar-refractivity contribution is 5.85. The molecule has 7 nitrogen and oxygen atoms in total. The molecule has 8 heteroatoms. The van der Waals surface area contributed by atoms with Gasteiger partial charge in [0.2, 0.25) is 5.91 Å². The number of hydrogen-bond acceptors (Lipinski definition) is 6. The lowest BCUT2D eigenvalue weighted by molar-refractivity contribution is -0.123. The first kappa shape index (κ1) is 18.2. The van der Waals surface area contributed by atoms with Crippen molar-refractivity contribution in [3.63, 3.8) is 0 Å². The van der Waals surface area contributed by atoms with Crippen molar-refractivity contribution in [3.8, 4) is 11.3 Å². The van der Waals surface area contributed by atoms with E-state index in [-0.39, 0.29) is 17.6 Å². The Morgan fingerprint density at radius 3 is 2.71 bits per heavy atom. The number of fused-ring (bicyclic) bond motifs is 1. The first-order valence-corrected chi connectivity index (χ1v) is 9.18. The van der Waals surface area contributed by atoms with Crippen LogP contribution in [0.15, 0.2) is 36.7 Å². The smallest absolute Gasteiger partial charge is 0.220 e. The number of benzene rings is 1. The fraction of sp³-hybridized carbons (Fsp3) is 0.300. The number of aromatic nitrogens is 3. The molecule has 0 unspecified atom stereocenters. The molecule has 3 aromatic rings. The minimum absolute atomic E-state index is 0.0613. The van der Waals surface area contributed by atoms with Gasteiger partial charge in [0, 0.05) is 18.0 Å². The average Bonchev–Trinajstić information content (AvgIpc) is 2.68. The van der Waals surface area contributed by atoms with Crippen LogP contribution >= 0.6 is 0 Å². The van der Waals surface area contributed by atoms with Crippen molar-refractivity contribution in [3.05, 3.63) is 48.0 Å². The van der Waals surface area contributed by atoms with Crippen LogP contribution in [-0.4, -0.2) is 38.8 Å². The number of likely N-dealkylation sites (tertiary alicyclic amines) is 1. The van der Waals surface area contributed by atoms with E-state index in [9.17, 15) is 9.18 Å². The molecule has 0 spiro atoms. The molecule has 1 amide bonds. The number of carbonyl (C=O) groups is 1. The van der Waals surface area contributed by atoms with Crippen LogP contribution in [0.1, 0.15) is 18.4 Å². The van der Waals surface area contributed by atoms with Crippen LogP contribution in [0, 0.1) is 11.7 Å². The number of carbonyl (C=O) groups excluding carboxylic acids is 1. The van der Waals surface area contributed by atoms with Gasteiger partial charge in [-0.3, -0.25) is 9.69 Å². The van der Waals surface area contributed by atoms with E-state index in [0.29, 0.717) is 34.7 Å². The molecule has 0 bridgehead atoms. The summed E-state index contributed by atoms with van der Waals surface area (Å²) in [5.41, 5.74) is 14.6. The fourth-order valence-corrected chi connectivity index (χ4v) is 3.64. The Kier molecular flexibility index (Phi) is 4.87. The molecule has 28 heavy (non-hydrogen) atoms. The quantitative estimate of drug-likeness (QED) is 0.717. The number of piperidine rings is 1. The molecular weight excluding hydrogens is 359 g/mol. The van der Waals surface area contributed by atoms with Crippen LogP contribution in [0.2, 0.25) is 0 Å². The number of amides is 1. The maximum absolute atomic E-state index is 14.3. The molecule has 1 saturated heterocycles. The number of pyridine rings is 1. The van der Waals surface area contributed by atoms with Gasteiger partial charge >= 0.3 is 0 Å². The minimum Gasteiger partial charge on any atom is -0.382 e. The second-order valence-electron chi connectivity index (χ2n) is 7.12. The predicted molar refractivity (Wildman–Crippen MR) is 104 cm³/mol. The summed E-state index contributed by atoms with van der Waals surface area (Å²) in [5, 5.41) is 0. The fourth-order valence-electron chi connectivity index (χ4n) is 3.64. The van der Waals surface area contributed by atoms with Crippen LogP contribution < -0.4 is 11.5 Å². The van der Waals surface area contributed by atoms with Crippen molar-refractivity contribution in [1.29, 1.82) is 0 Å². The van der Waals surface area contributed by atoms with Gasteiger partial charge in [-0.2, -0.15) is 0 Å². The van der Waals surface area contributed by atoms with Gasteiger partial charge in [0.25, 0.3) is 0 Å². The van der Waals surface area contributed by atoms with Gasteiger partial charge in [-0.1, -0.05) is 0 Å². The second-order valence-corrected chi connectivity index (χ2v) is 7.12. The van der Waals surface area contributed by atoms with E-state index in [4.69, 9.17) is 11.5 Å². The van der Waals surface area contributed by atoms with E-state index < -0.39 is 0 Å². The SMILES string of the molecule is NC(=O)C1CCN(Cc2cc(F)cc(-c3ccc4ncnc(N)c4n3)c2)CC1. The average molecular weight is 380 g/mol. The number of nitrogens with zero attached hydrogens (tertiary/aromatic N) is 4. The Hall–Kier alpha value is -3.13. The zero-order chi connectivity index (χ0) is 19.7. The molecule has 1 aromatic carbocycles. The summed E-state index contributed by atoms with van der Waals surface area (Å²) in [6.07, 6.45) is 2.87. The van der Waals surface area contributed by atoms with Gasteiger partial charge in [0.15, 0.2) is 5.82 Å². The van der Waals surface area contributed by atoms with Crippen molar-refractivity contribution in [1.82, 2.24) is 19.9 Å². The standard InChI is InChI=1S/C20H21FN6O/c21-15-8-12(10-27-5-3-13(4-6-27)20(23)28)7-14(9-15)16-1-2-17-18(26-16)19(22)25-11-24-17/h1-2,7-9,11,13H,3-6,10H2,(H2,23,28)(H2,22,24,25). The highest BCUT2D eigenvalue weighted by atomic mass is 19.1. The Bertz CT molecular complexity index is 1030. The third-order valence-electron chi connectivity index (χ3n) is 5.16. The topological polar surface area (TPSA) is 111 Å². The number of primary amides is 1. The van der Waals surface area contributed by atoms with E-state index in [1.54, 1.807) is 12.1 Å². The summed E-state index contributed by atoms with van der Waals surface area (Å²) in [6.45, 7) is 2.14. The molecule has 0 radical (unpaired) electrons. The normalized spacial score (nSPS) is 15.8. The minimum atomic E-state index is -0.321. The van der Waals surface area contributed by atoms with E-state index >= 15 is 0 Å². The Morgan fingerprint density at radius 2 is 1.96 bits per heavy atom. The lowest BCUT2D eigenvalue weighted by Crippen LogP contribution is -2.38. The summed E-state index contributed by atoms with van der Waals surface area (Å²) >= 11 is 0. The van der Waals surface area contributed by atoms with Gasteiger partial charge in [-0.05, 0) is 61.8 Å². The van der Waals surface area contributed by atoms with E-state index in [1.807, 2.05) is 6.07 Å². The molecule has 144 valence electrons. The largest absolute Gasteiger partial charge is 0.382 e. The Balaban J connectivity index is 1.58. The van der Waals surface area contributed by atoms with Gasteiger partial charge in [-0.15, -0.1) is 0 Å². The van der Waals surface area contributed by atoms with Gasteiger partial charge < -0.3 is 11.5 Å². The van der Waals surface area contributed by atoms with Crippen LogP contribution in [0.25, 0.3) is 22.3 Å². The number of rotatable bonds is 4. The number of anilines is 1. The van der Waals surface area contributed by atoms with E-state index in [1.165, 1.54) is 18.5 Å². The van der Waals surface area contributed by atoms with Gasteiger partial charge in [-0.25, -0.2) is 19.3 Å². The van der Waals surface area contributed by atoms with E-state index in [0.717, 1.165) is 31.5 Å². The molecular formula is C20H21FN6O. The van der Waals surface area contributed by atoms with Crippen molar-refractivity contribution in [2.24, 2.45) is 11.7 Å². The Labute approximate surface area is 161 Å². The van der Waals surface area contributed by atoms with Crippen LogP contribution in [0.3, 0.4) is 0 Å². The summed E-state index contributed by atoms with van der Waals surface area (Å²) in [5.74, 6) is -0.327. The summed E-state index contributed by atoms with van der Waals surface area (Å²) in [7, 11) is 0. The highest BCUT2D eigenvalue weighted by Gasteiger charge is 2.23. The maximum Gasteiger partial charge on any atom is 0.220 e. The van der Waals surface area contributed by atoms with Crippen molar-refractivity contribution in [2.45, 2.75) is 19.4 Å². The van der Waals surface area contributed by atoms with Crippen molar-refractivity contribution in [2.75, 3.05) is 18.8 Å². The van der Waals surface area contributed by atoms with Crippen LogP contribution in [0.5, 0.6) is 0 Å². The molecule has 1 fully saturated rings. The monoisotopic (exact) mass is 380 g/mol. The van der Waals surface area contributed by atoms with Crippen LogP contribution in [-0.2, 0) is 11.3 Å². The van der Waals surface area contributed by atoms with Crippen LogP contribution in [0.4, 0.5) is 10.2 Å². The molecule has 4 rings (SSSR count). The number of hydrogen-bond donors (Lipinski definition) is 2. The zero-order valence-electron chi connectivity index (χ0n) is 15.3. The van der Waals surface area contributed by atoms with Crippen molar-refractivity contribution >= 4 is 22.8 Å². The number of nitrogens with two attached hydrogens (primary N) is 2. The summed E-state index contributed by atoms with van der Waals surface area (Å²) in [4.78, 5) is 26.1. The lowest BCUT2D eigenvalue weighted by atomic mass is 9.96.